The van der Waals surface area contributed by atoms with Crippen molar-refractivity contribution in [3.8, 4) is 0 Å². The van der Waals surface area contributed by atoms with E-state index in [2.05, 4.69) is 20.6 Å². The number of hydrogen-bond acceptors (Lipinski definition) is 6. The fourth-order valence-electron chi connectivity index (χ4n) is 5.31. The van der Waals surface area contributed by atoms with E-state index in [0.717, 1.165) is 34.7 Å². The van der Waals surface area contributed by atoms with Gasteiger partial charge in [-0.3, -0.25) is 24.4 Å². The van der Waals surface area contributed by atoms with Crippen LogP contribution in [0.4, 0.5) is 11.4 Å². The number of pyridine rings is 2. The van der Waals surface area contributed by atoms with Gasteiger partial charge in [-0.05, 0) is 61.2 Å². The molecule has 1 unspecified atom stereocenters. The summed E-state index contributed by atoms with van der Waals surface area (Å²) < 4.78 is 0. The Morgan fingerprint density at radius 1 is 0.682 bits per heavy atom. The van der Waals surface area contributed by atoms with Crippen LogP contribution < -0.4 is 10.6 Å². The van der Waals surface area contributed by atoms with Gasteiger partial charge in [-0.25, -0.2) is 0 Å². The third-order valence-corrected chi connectivity index (χ3v) is 7.52. The number of ketones is 2. The summed E-state index contributed by atoms with van der Waals surface area (Å²) in [5.74, 6) is -1.83. The average Bonchev–Trinajstić information content (AvgIpc) is 3.02. The van der Waals surface area contributed by atoms with E-state index in [1.54, 1.807) is 49.6 Å². The topological polar surface area (TPSA) is 118 Å². The van der Waals surface area contributed by atoms with Gasteiger partial charge in [0.2, 0.25) is 11.8 Å². The highest BCUT2D eigenvalue weighted by Crippen LogP contribution is 2.27. The second-order valence-electron chi connectivity index (χ2n) is 10.9. The van der Waals surface area contributed by atoms with Crippen LogP contribution in [0.1, 0.15) is 56.1 Å². The second-order valence-corrected chi connectivity index (χ2v) is 10.9. The molecule has 0 aliphatic carbocycles. The maximum atomic E-state index is 13.9. The Morgan fingerprint density at radius 3 is 2.05 bits per heavy atom. The van der Waals surface area contributed by atoms with E-state index in [1.807, 2.05) is 54.6 Å². The molecule has 2 amide bonds. The van der Waals surface area contributed by atoms with Gasteiger partial charge < -0.3 is 15.4 Å². The van der Waals surface area contributed by atoms with Gasteiger partial charge >= 0.3 is 0 Å². The normalized spacial score (nSPS) is 11.7. The smallest absolute Gasteiger partial charge is 0.239 e. The number of fused-ring (bicyclic) bond motifs is 2. The monoisotopic (exact) mass is 586 g/mol. The fraction of sp³-hybridized carbons (Fsp3) is 0.222. The summed E-state index contributed by atoms with van der Waals surface area (Å²) in [6.07, 6.45) is 6.52. The zero-order chi connectivity index (χ0) is 30.9. The Balaban J connectivity index is 1.36. The van der Waals surface area contributed by atoms with Crippen LogP contribution in [0.2, 0.25) is 0 Å². The Bertz CT molecular complexity index is 1710. The van der Waals surface area contributed by atoms with Crippen LogP contribution in [0.3, 0.4) is 0 Å². The lowest BCUT2D eigenvalue weighted by Gasteiger charge is -2.18. The zero-order valence-electron chi connectivity index (χ0n) is 24.6. The fourth-order valence-corrected chi connectivity index (χ4v) is 5.31. The third kappa shape index (κ3) is 7.58. The molecule has 2 heterocycles. The van der Waals surface area contributed by atoms with E-state index in [1.165, 1.54) is 0 Å². The molecule has 3 aromatic carbocycles. The minimum atomic E-state index is -1.11. The summed E-state index contributed by atoms with van der Waals surface area (Å²) in [5.41, 5.74) is 3.70. The maximum absolute atomic E-state index is 13.9. The molecule has 0 saturated heterocycles. The summed E-state index contributed by atoms with van der Waals surface area (Å²) in [7, 11) is 0. The molecule has 0 saturated carbocycles. The minimum absolute atomic E-state index is 0.0162. The number of nitrogens with one attached hydrogen (secondary N) is 2. The van der Waals surface area contributed by atoms with Crippen LogP contribution >= 0.6 is 0 Å². The van der Waals surface area contributed by atoms with Crippen molar-refractivity contribution in [1.29, 1.82) is 0 Å². The molecule has 1 atom stereocenters. The van der Waals surface area contributed by atoms with Crippen LogP contribution in [0, 0.1) is 0 Å². The largest absolute Gasteiger partial charge is 0.326 e. The number of hydrogen-bond donors (Lipinski definition) is 2. The standard InChI is InChI=1S/C36H34N4O4/c1-24(41)9-3-2-4-16-32(43)39-29-19-17-25(18-20-29)33(31(42)23-28-12-5-10-26-13-7-21-37-34(26)28)36(44)40-30-15-6-11-27-14-8-22-38-35(27)30/h5-8,10-15,17-22,33H,2-4,9,16,23H2,1H3,(H,39,43)(H,40,44). The number of para-hydroxylation sites is 2. The molecule has 0 fully saturated rings. The third-order valence-electron chi connectivity index (χ3n) is 7.52. The summed E-state index contributed by atoms with van der Waals surface area (Å²) in [6.45, 7) is 1.57. The number of anilines is 2. The SMILES string of the molecule is CC(=O)CCCCCC(=O)Nc1ccc(C(C(=O)Cc2cccc3cccnc23)C(=O)Nc2cccc3cccnc23)cc1. The van der Waals surface area contributed by atoms with Gasteiger partial charge in [0.25, 0.3) is 0 Å². The summed E-state index contributed by atoms with van der Waals surface area (Å²) in [4.78, 5) is 60.3. The van der Waals surface area contributed by atoms with Crippen LogP contribution in [0.15, 0.2) is 97.3 Å². The lowest BCUT2D eigenvalue weighted by molar-refractivity contribution is -0.127. The molecule has 8 nitrogen and oxygen atoms in total. The Labute approximate surface area is 255 Å². The van der Waals surface area contributed by atoms with Crippen LogP contribution in [-0.4, -0.2) is 33.3 Å². The summed E-state index contributed by atoms with van der Waals surface area (Å²) in [6, 6.07) is 25.5. The molecule has 5 rings (SSSR count). The van der Waals surface area contributed by atoms with Crippen molar-refractivity contribution in [2.45, 2.75) is 51.4 Å². The molecule has 0 aliphatic rings. The van der Waals surface area contributed by atoms with E-state index < -0.39 is 11.8 Å². The molecule has 0 spiro atoms. The zero-order valence-corrected chi connectivity index (χ0v) is 24.6. The number of Topliss-reactive ketones (excluding diaryl/α,β-unsaturated/α-hetero) is 2. The lowest BCUT2D eigenvalue weighted by Crippen LogP contribution is -2.29. The van der Waals surface area contributed by atoms with Crippen molar-refractivity contribution in [1.82, 2.24) is 9.97 Å². The van der Waals surface area contributed by atoms with Crippen molar-refractivity contribution >= 4 is 56.6 Å². The lowest BCUT2D eigenvalue weighted by atomic mass is 9.89. The van der Waals surface area contributed by atoms with Gasteiger partial charge in [0.05, 0.1) is 16.7 Å². The number of amides is 2. The molecule has 2 N–H and O–H groups in total. The van der Waals surface area contributed by atoms with Crippen molar-refractivity contribution in [2.75, 3.05) is 10.6 Å². The van der Waals surface area contributed by atoms with Crippen molar-refractivity contribution in [3.05, 3.63) is 108 Å². The van der Waals surface area contributed by atoms with Crippen molar-refractivity contribution in [3.63, 3.8) is 0 Å². The van der Waals surface area contributed by atoms with Gasteiger partial charge in [-0.2, -0.15) is 0 Å². The molecular weight excluding hydrogens is 552 g/mol. The molecule has 44 heavy (non-hydrogen) atoms. The van der Waals surface area contributed by atoms with Crippen molar-refractivity contribution in [2.24, 2.45) is 0 Å². The average molecular weight is 587 g/mol. The van der Waals surface area contributed by atoms with Gasteiger partial charge in [0.1, 0.15) is 11.7 Å². The first-order valence-electron chi connectivity index (χ1n) is 14.8. The Hall–Kier alpha value is -5.24. The quantitative estimate of drug-likeness (QED) is 0.116. The molecule has 0 radical (unpaired) electrons. The number of benzene rings is 3. The molecule has 8 heteroatoms. The number of unbranched alkanes of at least 4 members (excludes halogenated alkanes) is 2. The van der Waals surface area contributed by atoms with E-state index in [0.29, 0.717) is 41.7 Å². The molecule has 0 bridgehead atoms. The highest BCUT2D eigenvalue weighted by molar-refractivity contribution is 6.14. The van der Waals surface area contributed by atoms with Gasteiger partial charge in [0.15, 0.2) is 5.78 Å². The van der Waals surface area contributed by atoms with Crippen LogP contribution in [-0.2, 0) is 25.6 Å². The first-order chi connectivity index (χ1) is 21.4. The van der Waals surface area contributed by atoms with E-state index >= 15 is 0 Å². The first-order valence-corrected chi connectivity index (χ1v) is 14.8. The number of rotatable bonds is 13. The second kappa shape index (κ2) is 14.3. The number of carbonyl (C=O) groups is 4. The molecule has 222 valence electrons. The highest BCUT2D eigenvalue weighted by atomic mass is 16.2. The maximum Gasteiger partial charge on any atom is 0.239 e. The number of aromatic nitrogens is 2. The van der Waals surface area contributed by atoms with Crippen molar-refractivity contribution < 1.29 is 19.2 Å². The predicted octanol–water partition coefficient (Wildman–Crippen LogP) is 6.80. The molecule has 0 aliphatic heterocycles. The Kier molecular flexibility index (Phi) is 9.81. The summed E-state index contributed by atoms with van der Waals surface area (Å²) in [5, 5.41) is 7.61. The summed E-state index contributed by atoms with van der Waals surface area (Å²) >= 11 is 0. The Morgan fingerprint density at radius 2 is 1.32 bits per heavy atom. The molecular formula is C36H34N4O4. The van der Waals surface area contributed by atoms with E-state index in [-0.39, 0.29) is 23.9 Å². The van der Waals surface area contributed by atoms with Gasteiger partial charge in [-0.1, -0.05) is 61.0 Å². The van der Waals surface area contributed by atoms with Gasteiger partial charge in [-0.15, -0.1) is 0 Å². The van der Waals surface area contributed by atoms with E-state index in [4.69, 9.17) is 0 Å². The number of nitrogens with zero attached hydrogens (tertiary/aromatic N) is 2. The van der Waals surface area contributed by atoms with Crippen LogP contribution in [0.25, 0.3) is 21.8 Å². The van der Waals surface area contributed by atoms with Crippen LogP contribution in [0.5, 0.6) is 0 Å². The van der Waals surface area contributed by atoms with Gasteiger partial charge in [0, 0.05) is 48.1 Å². The number of carbonyl (C=O) groups excluding carboxylic acids is 4. The first kappa shape index (κ1) is 30.2. The highest BCUT2D eigenvalue weighted by Gasteiger charge is 2.29. The van der Waals surface area contributed by atoms with E-state index in [9.17, 15) is 19.2 Å². The molecule has 5 aromatic rings. The minimum Gasteiger partial charge on any atom is -0.326 e. The predicted molar refractivity (Wildman–Crippen MR) is 172 cm³/mol. The molecule has 2 aromatic heterocycles.